The molecule has 0 bridgehead atoms. The molecule has 3 heteroatoms. The van der Waals surface area contributed by atoms with Crippen molar-refractivity contribution < 1.29 is 4.84 Å². The third-order valence-corrected chi connectivity index (χ3v) is 1.62. The van der Waals surface area contributed by atoms with Gasteiger partial charge in [-0.15, -0.1) is 0 Å². The molecule has 8 heavy (non-hydrogen) atoms. The van der Waals surface area contributed by atoms with Gasteiger partial charge in [-0.1, -0.05) is 6.92 Å². The first-order chi connectivity index (χ1) is 3.84. The van der Waals surface area contributed by atoms with Gasteiger partial charge in [0.1, 0.15) is 0 Å². The van der Waals surface area contributed by atoms with E-state index in [2.05, 4.69) is 17.1 Å². The second-order valence-corrected chi connectivity index (χ2v) is 2.31. The summed E-state index contributed by atoms with van der Waals surface area (Å²) >= 11 is 0. The Kier molecular flexibility index (Phi) is 1.83. The minimum absolute atomic E-state index is 0.231. The zero-order chi connectivity index (χ0) is 5.98. The highest BCUT2D eigenvalue weighted by atomic mass is 16.6. The molecule has 1 saturated heterocycles. The minimum atomic E-state index is 0.231. The van der Waals surface area contributed by atoms with Crippen molar-refractivity contribution >= 4 is 0 Å². The maximum Gasteiger partial charge on any atom is 0.0948 e. The van der Waals surface area contributed by atoms with Crippen molar-refractivity contribution in [3.63, 3.8) is 0 Å². The van der Waals surface area contributed by atoms with E-state index in [0.29, 0.717) is 5.92 Å². The lowest BCUT2D eigenvalue weighted by Crippen LogP contribution is -2.23. The van der Waals surface area contributed by atoms with Crippen LogP contribution in [0.15, 0.2) is 0 Å². The van der Waals surface area contributed by atoms with Crippen LogP contribution in [0.3, 0.4) is 0 Å². The molecular formula is C5H12N2O. The van der Waals surface area contributed by atoms with E-state index in [4.69, 9.17) is 5.90 Å². The van der Waals surface area contributed by atoms with Gasteiger partial charge in [0.05, 0.1) is 6.10 Å². The molecule has 0 saturated carbocycles. The number of nitrogens with one attached hydrogen (secondary N) is 1. The highest BCUT2D eigenvalue weighted by Gasteiger charge is 2.22. The third kappa shape index (κ3) is 0.992. The Labute approximate surface area is 49.2 Å². The van der Waals surface area contributed by atoms with E-state index in [1.54, 1.807) is 0 Å². The highest BCUT2D eigenvalue weighted by molar-refractivity contribution is 4.77. The van der Waals surface area contributed by atoms with Crippen molar-refractivity contribution in [2.75, 3.05) is 13.1 Å². The maximum atomic E-state index is 4.98. The van der Waals surface area contributed by atoms with Crippen LogP contribution in [-0.4, -0.2) is 19.2 Å². The molecule has 0 aliphatic carbocycles. The fourth-order valence-corrected chi connectivity index (χ4v) is 0.968. The van der Waals surface area contributed by atoms with Crippen LogP contribution in [0.5, 0.6) is 0 Å². The van der Waals surface area contributed by atoms with Crippen molar-refractivity contribution in [1.29, 1.82) is 0 Å². The van der Waals surface area contributed by atoms with E-state index in [-0.39, 0.29) is 6.10 Å². The fraction of sp³-hybridized carbons (Fsp3) is 1.00. The molecule has 3 nitrogen and oxygen atoms in total. The van der Waals surface area contributed by atoms with Crippen LogP contribution in [0.1, 0.15) is 6.92 Å². The molecule has 0 aromatic rings. The average Bonchev–Trinajstić information content (AvgIpc) is 2.14. The van der Waals surface area contributed by atoms with Gasteiger partial charge in [-0.2, -0.15) is 0 Å². The summed E-state index contributed by atoms with van der Waals surface area (Å²) < 4.78 is 0. The Bertz CT molecular complexity index is 76.8. The predicted molar refractivity (Wildman–Crippen MR) is 31.1 cm³/mol. The zero-order valence-corrected chi connectivity index (χ0v) is 5.05. The molecule has 1 rings (SSSR count). The molecule has 1 heterocycles. The summed E-state index contributed by atoms with van der Waals surface area (Å²) in [4.78, 5) is 4.66. The van der Waals surface area contributed by atoms with Crippen LogP contribution < -0.4 is 11.2 Å². The third-order valence-electron chi connectivity index (χ3n) is 1.62. The smallest absolute Gasteiger partial charge is 0.0948 e. The minimum Gasteiger partial charge on any atom is -0.314 e. The SMILES string of the molecule is CC1CNCC1ON. The van der Waals surface area contributed by atoms with Crippen LogP contribution in [0, 0.1) is 5.92 Å². The Morgan fingerprint density at radius 1 is 1.62 bits per heavy atom. The summed E-state index contributed by atoms with van der Waals surface area (Å²) in [6.45, 7) is 4.05. The van der Waals surface area contributed by atoms with Gasteiger partial charge in [0.25, 0.3) is 0 Å². The Morgan fingerprint density at radius 3 is 2.62 bits per heavy atom. The van der Waals surface area contributed by atoms with Gasteiger partial charge in [0, 0.05) is 13.1 Å². The van der Waals surface area contributed by atoms with Gasteiger partial charge in [-0.05, 0) is 5.92 Å². The number of hydrogen-bond acceptors (Lipinski definition) is 3. The summed E-state index contributed by atoms with van der Waals surface area (Å²) in [5.74, 6) is 5.55. The number of hydrogen-bond donors (Lipinski definition) is 2. The molecule has 3 N–H and O–H groups in total. The Balaban J connectivity index is 2.30. The lowest BCUT2D eigenvalue weighted by Gasteiger charge is -2.08. The highest BCUT2D eigenvalue weighted by Crippen LogP contribution is 2.08. The van der Waals surface area contributed by atoms with E-state index in [1.165, 1.54) is 0 Å². The summed E-state index contributed by atoms with van der Waals surface area (Å²) in [6, 6.07) is 0. The topological polar surface area (TPSA) is 47.3 Å². The van der Waals surface area contributed by atoms with Crippen LogP contribution in [-0.2, 0) is 4.84 Å². The largest absolute Gasteiger partial charge is 0.314 e. The molecular weight excluding hydrogens is 104 g/mol. The van der Waals surface area contributed by atoms with Gasteiger partial charge in [-0.3, -0.25) is 4.84 Å². The Morgan fingerprint density at radius 2 is 2.38 bits per heavy atom. The van der Waals surface area contributed by atoms with Crippen molar-refractivity contribution in [1.82, 2.24) is 5.32 Å². The molecule has 2 atom stereocenters. The monoisotopic (exact) mass is 116 g/mol. The van der Waals surface area contributed by atoms with Crippen LogP contribution in [0.2, 0.25) is 0 Å². The fourth-order valence-electron chi connectivity index (χ4n) is 0.968. The van der Waals surface area contributed by atoms with Crippen molar-refractivity contribution in [2.45, 2.75) is 13.0 Å². The molecule has 2 unspecified atom stereocenters. The van der Waals surface area contributed by atoms with E-state index in [0.717, 1.165) is 13.1 Å². The van der Waals surface area contributed by atoms with E-state index < -0.39 is 0 Å². The van der Waals surface area contributed by atoms with Crippen LogP contribution >= 0.6 is 0 Å². The lowest BCUT2D eigenvalue weighted by molar-refractivity contribution is 0.0424. The van der Waals surface area contributed by atoms with E-state index in [9.17, 15) is 0 Å². The molecule has 0 radical (unpaired) electrons. The number of rotatable bonds is 1. The van der Waals surface area contributed by atoms with Gasteiger partial charge in [-0.25, -0.2) is 5.90 Å². The summed E-state index contributed by atoms with van der Waals surface area (Å²) in [7, 11) is 0. The van der Waals surface area contributed by atoms with Crippen molar-refractivity contribution in [3.8, 4) is 0 Å². The molecule has 1 aliphatic heterocycles. The van der Waals surface area contributed by atoms with E-state index in [1.807, 2.05) is 0 Å². The standard InChI is InChI=1S/C5H12N2O/c1-4-2-7-3-5(4)8-6/h4-5,7H,2-3,6H2,1H3. The van der Waals surface area contributed by atoms with Crippen LogP contribution in [0.25, 0.3) is 0 Å². The van der Waals surface area contributed by atoms with Crippen LogP contribution in [0.4, 0.5) is 0 Å². The zero-order valence-electron chi connectivity index (χ0n) is 5.05. The Hall–Kier alpha value is -0.120. The summed E-state index contributed by atoms with van der Waals surface area (Å²) in [6.07, 6.45) is 0.231. The molecule has 1 fully saturated rings. The molecule has 0 aromatic heterocycles. The average molecular weight is 116 g/mol. The normalized spacial score (nSPS) is 38.2. The maximum absolute atomic E-state index is 4.98. The number of nitrogens with two attached hydrogens (primary N) is 1. The van der Waals surface area contributed by atoms with Gasteiger partial charge in [0.15, 0.2) is 0 Å². The summed E-state index contributed by atoms with van der Waals surface area (Å²) in [5, 5.41) is 3.17. The summed E-state index contributed by atoms with van der Waals surface area (Å²) in [5.41, 5.74) is 0. The molecule has 48 valence electrons. The second-order valence-electron chi connectivity index (χ2n) is 2.31. The first-order valence-electron chi connectivity index (χ1n) is 2.91. The first kappa shape index (κ1) is 6.01. The molecule has 1 aliphatic rings. The predicted octanol–water partition coefficient (Wildman–Crippen LogP) is -0.515. The molecule has 0 aromatic carbocycles. The van der Waals surface area contributed by atoms with Gasteiger partial charge >= 0.3 is 0 Å². The molecule has 0 amide bonds. The van der Waals surface area contributed by atoms with Crippen molar-refractivity contribution in [2.24, 2.45) is 11.8 Å². The van der Waals surface area contributed by atoms with Gasteiger partial charge in [0.2, 0.25) is 0 Å². The second kappa shape index (κ2) is 2.44. The van der Waals surface area contributed by atoms with Gasteiger partial charge < -0.3 is 5.32 Å². The first-order valence-corrected chi connectivity index (χ1v) is 2.91. The van der Waals surface area contributed by atoms with E-state index >= 15 is 0 Å². The molecule has 0 spiro atoms. The quantitative estimate of drug-likeness (QED) is 0.453. The van der Waals surface area contributed by atoms with Crippen molar-refractivity contribution in [3.05, 3.63) is 0 Å². The lowest BCUT2D eigenvalue weighted by atomic mass is 10.1.